The summed E-state index contributed by atoms with van der Waals surface area (Å²) in [6.45, 7) is 4.18. The van der Waals surface area contributed by atoms with Crippen molar-refractivity contribution >= 4 is 17.4 Å². The molecule has 1 amide bonds. The summed E-state index contributed by atoms with van der Waals surface area (Å²) in [5, 5.41) is 8.84. The molecule has 0 bridgehead atoms. The number of ketones is 1. The molecule has 1 heterocycles. The van der Waals surface area contributed by atoms with Gasteiger partial charge in [-0.2, -0.15) is 5.26 Å². The average molecular weight is 270 g/mol. The molecule has 0 spiro atoms. The largest absolute Gasteiger partial charge is 0.312 e. The zero-order chi connectivity index (χ0) is 14.7. The smallest absolute Gasteiger partial charge is 0.237 e. The molecule has 2 rings (SSSR count). The molecule has 0 N–H and O–H groups in total. The Kier molecular flexibility index (Phi) is 4.19. The third-order valence-electron chi connectivity index (χ3n) is 3.75. The van der Waals surface area contributed by atoms with Crippen LogP contribution in [0.3, 0.4) is 0 Å². The van der Waals surface area contributed by atoms with Crippen LogP contribution in [0.1, 0.15) is 25.3 Å². The first kappa shape index (κ1) is 14.3. The first-order chi connectivity index (χ1) is 9.54. The molecule has 1 aromatic carbocycles. The van der Waals surface area contributed by atoms with E-state index in [1.807, 2.05) is 37.3 Å². The fraction of sp³-hybridized carbons (Fsp3) is 0.438. The van der Waals surface area contributed by atoms with Crippen molar-refractivity contribution in [1.29, 1.82) is 5.26 Å². The van der Waals surface area contributed by atoms with Crippen molar-refractivity contribution in [1.82, 2.24) is 0 Å². The number of aryl methyl sites for hydroxylation is 1. The third kappa shape index (κ3) is 2.72. The lowest BCUT2D eigenvalue weighted by Gasteiger charge is -2.32. The van der Waals surface area contributed by atoms with E-state index in [0.717, 1.165) is 17.7 Å². The number of amides is 1. The number of nitriles is 1. The molecule has 20 heavy (non-hydrogen) atoms. The summed E-state index contributed by atoms with van der Waals surface area (Å²) in [5.74, 6) is -1.82. The second-order valence-corrected chi connectivity index (χ2v) is 5.27. The lowest BCUT2D eigenvalue weighted by molar-refractivity contribution is -0.135. The van der Waals surface area contributed by atoms with E-state index in [1.54, 1.807) is 11.8 Å². The van der Waals surface area contributed by atoms with Crippen molar-refractivity contribution in [2.45, 2.75) is 26.7 Å². The van der Waals surface area contributed by atoms with Gasteiger partial charge in [-0.3, -0.25) is 9.59 Å². The Bertz CT molecular complexity index is 557. The summed E-state index contributed by atoms with van der Waals surface area (Å²) in [4.78, 5) is 26.2. The first-order valence-corrected chi connectivity index (χ1v) is 6.86. The van der Waals surface area contributed by atoms with Gasteiger partial charge in [0.15, 0.2) is 5.78 Å². The number of Topliss-reactive ketones (excluding diaryl/α,β-unsaturated/α-hetero) is 1. The van der Waals surface area contributed by atoms with Crippen molar-refractivity contribution in [3.8, 4) is 6.07 Å². The van der Waals surface area contributed by atoms with Crippen LogP contribution in [0.15, 0.2) is 24.3 Å². The maximum Gasteiger partial charge on any atom is 0.237 e. The van der Waals surface area contributed by atoms with Crippen LogP contribution in [-0.2, 0) is 9.59 Å². The van der Waals surface area contributed by atoms with E-state index < -0.39 is 11.8 Å². The Morgan fingerprint density at radius 3 is 2.65 bits per heavy atom. The summed E-state index contributed by atoms with van der Waals surface area (Å²) >= 11 is 0. The van der Waals surface area contributed by atoms with Gasteiger partial charge in [0.05, 0.1) is 12.0 Å². The fourth-order valence-electron chi connectivity index (χ4n) is 2.49. The highest BCUT2D eigenvalue weighted by atomic mass is 16.2. The number of nitrogens with zero attached hydrogens (tertiary/aromatic N) is 2. The molecule has 1 aromatic rings. The van der Waals surface area contributed by atoms with Crippen LogP contribution in [0.4, 0.5) is 5.69 Å². The van der Waals surface area contributed by atoms with Crippen LogP contribution >= 0.6 is 0 Å². The number of hydrogen-bond donors (Lipinski definition) is 0. The Morgan fingerprint density at radius 1 is 1.40 bits per heavy atom. The van der Waals surface area contributed by atoms with Crippen LogP contribution in [0.5, 0.6) is 0 Å². The monoisotopic (exact) mass is 270 g/mol. The summed E-state index contributed by atoms with van der Waals surface area (Å²) in [7, 11) is 0. The number of carbonyl (C=O) groups is 2. The second-order valence-electron chi connectivity index (χ2n) is 5.27. The Labute approximate surface area is 119 Å². The number of anilines is 1. The fourth-order valence-corrected chi connectivity index (χ4v) is 2.49. The maximum absolute atomic E-state index is 12.5. The summed E-state index contributed by atoms with van der Waals surface area (Å²) in [6, 6.07) is 9.62. The Hall–Kier alpha value is -2.15. The summed E-state index contributed by atoms with van der Waals surface area (Å²) in [5.41, 5.74) is 1.95. The number of rotatable bonds is 3. The topological polar surface area (TPSA) is 61.2 Å². The van der Waals surface area contributed by atoms with Gasteiger partial charge in [-0.15, -0.1) is 0 Å². The molecule has 4 nitrogen and oxygen atoms in total. The normalized spacial score (nSPS) is 20.4. The van der Waals surface area contributed by atoms with E-state index >= 15 is 0 Å². The number of carbonyl (C=O) groups excluding carboxylic acids is 2. The minimum atomic E-state index is -0.720. The van der Waals surface area contributed by atoms with E-state index in [4.69, 9.17) is 5.26 Å². The highest BCUT2D eigenvalue weighted by Gasteiger charge is 2.36. The van der Waals surface area contributed by atoms with Crippen LogP contribution in [-0.4, -0.2) is 18.2 Å². The van der Waals surface area contributed by atoms with Crippen molar-refractivity contribution in [3.05, 3.63) is 29.8 Å². The molecular weight excluding hydrogens is 252 g/mol. The first-order valence-electron chi connectivity index (χ1n) is 6.86. The predicted molar refractivity (Wildman–Crippen MR) is 76.0 cm³/mol. The maximum atomic E-state index is 12.5. The molecule has 0 aliphatic carbocycles. The van der Waals surface area contributed by atoms with Gasteiger partial charge in [-0.25, -0.2) is 0 Å². The minimum absolute atomic E-state index is 0.174. The van der Waals surface area contributed by atoms with Gasteiger partial charge in [0.25, 0.3) is 0 Å². The lowest BCUT2D eigenvalue weighted by Crippen LogP contribution is -2.45. The van der Waals surface area contributed by atoms with E-state index in [9.17, 15) is 9.59 Å². The quantitative estimate of drug-likeness (QED) is 0.793. The molecular formula is C16H18N2O2. The van der Waals surface area contributed by atoms with Gasteiger partial charge in [-0.1, -0.05) is 17.7 Å². The van der Waals surface area contributed by atoms with Crippen molar-refractivity contribution in [3.63, 3.8) is 0 Å². The molecule has 104 valence electrons. The molecule has 0 unspecified atom stereocenters. The van der Waals surface area contributed by atoms with Crippen LogP contribution < -0.4 is 4.90 Å². The van der Waals surface area contributed by atoms with Crippen molar-refractivity contribution in [2.75, 3.05) is 11.4 Å². The van der Waals surface area contributed by atoms with Gasteiger partial charge in [0.1, 0.15) is 5.92 Å². The molecule has 2 atom stereocenters. The second kappa shape index (κ2) is 5.87. The van der Waals surface area contributed by atoms with Gasteiger partial charge in [0.2, 0.25) is 5.91 Å². The molecule has 1 fully saturated rings. The standard InChI is InChI=1S/C16H18N2O2/c1-11-5-7-13(8-6-11)18-9-3-4-14(16(18)20)15(19)12(2)10-17/h5-8,12,14H,3-4,9H2,1-2H3/t12-,14-/m0/s1. The Balaban J connectivity index is 2.21. The molecule has 0 radical (unpaired) electrons. The van der Waals surface area contributed by atoms with Crippen molar-refractivity contribution in [2.24, 2.45) is 11.8 Å². The van der Waals surface area contributed by atoms with Gasteiger partial charge >= 0.3 is 0 Å². The molecule has 1 aliphatic rings. The SMILES string of the molecule is Cc1ccc(N2CCC[C@@H](C(=O)[C@@H](C)C#N)C2=O)cc1. The summed E-state index contributed by atoms with van der Waals surface area (Å²) < 4.78 is 0. The van der Waals surface area contributed by atoms with Gasteiger partial charge < -0.3 is 4.90 Å². The van der Waals surface area contributed by atoms with Crippen LogP contribution in [0, 0.1) is 30.1 Å². The third-order valence-corrected chi connectivity index (χ3v) is 3.75. The summed E-state index contributed by atoms with van der Waals surface area (Å²) in [6.07, 6.45) is 1.33. The highest BCUT2D eigenvalue weighted by Crippen LogP contribution is 2.26. The molecule has 1 saturated heterocycles. The zero-order valence-corrected chi connectivity index (χ0v) is 11.8. The van der Waals surface area contributed by atoms with E-state index in [-0.39, 0.29) is 11.7 Å². The van der Waals surface area contributed by atoms with Crippen LogP contribution in [0.2, 0.25) is 0 Å². The predicted octanol–water partition coefficient (Wildman–Crippen LogP) is 2.47. The van der Waals surface area contributed by atoms with E-state index in [0.29, 0.717) is 13.0 Å². The zero-order valence-electron chi connectivity index (χ0n) is 11.8. The molecule has 0 aromatic heterocycles. The van der Waals surface area contributed by atoms with Gasteiger partial charge in [0, 0.05) is 12.2 Å². The van der Waals surface area contributed by atoms with Crippen molar-refractivity contribution < 1.29 is 9.59 Å². The van der Waals surface area contributed by atoms with E-state index in [2.05, 4.69) is 0 Å². The van der Waals surface area contributed by atoms with E-state index in [1.165, 1.54) is 0 Å². The minimum Gasteiger partial charge on any atom is -0.312 e. The number of piperidine rings is 1. The highest BCUT2D eigenvalue weighted by molar-refractivity contribution is 6.10. The number of benzene rings is 1. The Morgan fingerprint density at radius 2 is 2.05 bits per heavy atom. The average Bonchev–Trinajstić information content (AvgIpc) is 2.47. The van der Waals surface area contributed by atoms with Gasteiger partial charge in [-0.05, 0) is 38.8 Å². The lowest BCUT2D eigenvalue weighted by atomic mass is 9.87. The molecule has 1 aliphatic heterocycles. The van der Waals surface area contributed by atoms with Crippen LogP contribution in [0.25, 0.3) is 0 Å². The number of hydrogen-bond acceptors (Lipinski definition) is 3. The molecule has 0 saturated carbocycles. The molecule has 4 heteroatoms.